The minimum atomic E-state index is -0.278. The van der Waals surface area contributed by atoms with Crippen LogP contribution in [-0.2, 0) is 4.79 Å². The van der Waals surface area contributed by atoms with E-state index < -0.39 is 0 Å². The highest BCUT2D eigenvalue weighted by atomic mass is 16.2. The van der Waals surface area contributed by atoms with Crippen LogP contribution < -0.4 is 10.6 Å². The van der Waals surface area contributed by atoms with Crippen molar-refractivity contribution < 1.29 is 9.59 Å². The van der Waals surface area contributed by atoms with Crippen LogP contribution >= 0.6 is 0 Å². The van der Waals surface area contributed by atoms with Crippen molar-refractivity contribution in [3.05, 3.63) is 42.5 Å². The molecule has 3 amide bonds. The van der Waals surface area contributed by atoms with E-state index in [1.54, 1.807) is 0 Å². The molecular weight excluding hydrogens is 302 g/mol. The summed E-state index contributed by atoms with van der Waals surface area (Å²) in [7, 11) is 0. The summed E-state index contributed by atoms with van der Waals surface area (Å²) in [6.07, 6.45) is 0.347. The van der Waals surface area contributed by atoms with Crippen molar-refractivity contribution in [1.82, 2.24) is 10.2 Å². The molecule has 2 N–H and O–H groups in total. The van der Waals surface area contributed by atoms with Crippen LogP contribution in [0.15, 0.2) is 42.5 Å². The van der Waals surface area contributed by atoms with E-state index in [1.165, 1.54) is 0 Å². The summed E-state index contributed by atoms with van der Waals surface area (Å²) in [5.74, 6) is 0.0814. The van der Waals surface area contributed by atoms with Gasteiger partial charge >= 0.3 is 6.03 Å². The molecule has 5 heteroatoms. The Kier molecular flexibility index (Phi) is 4.18. The van der Waals surface area contributed by atoms with Gasteiger partial charge in [-0.05, 0) is 32.2 Å². The molecule has 3 rings (SSSR count). The molecule has 1 unspecified atom stereocenters. The predicted molar refractivity (Wildman–Crippen MR) is 96.0 cm³/mol. The summed E-state index contributed by atoms with van der Waals surface area (Å²) < 4.78 is 0. The van der Waals surface area contributed by atoms with Crippen LogP contribution in [-0.4, -0.2) is 35.0 Å². The summed E-state index contributed by atoms with van der Waals surface area (Å²) in [6.45, 7) is 6.56. The van der Waals surface area contributed by atoms with Crippen molar-refractivity contribution >= 4 is 28.4 Å². The molecule has 1 heterocycles. The average molecular weight is 325 g/mol. The van der Waals surface area contributed by atoms with Gasteiger partial charge < -0.3 is 15.5 Å². The number of anilines is 1. The fraction of sp³-hybridized carbons (Fsp3) is 0.368. The third-order valence-electron chi connectivity index (χ3n) is 4.31. The number of urea groups is 1. The number of rotatable bonds is 2. The molecule has 2 aromatic carbocycles. The van der Waals surface area contributed by atoms with Crippen LogP contribution in [0.2, 0.25) is 0 Å². The number of hydrogen-bond acceptors (Lipinski definition) is 2. The molecule has 0 bridgehead atoms. The monoisotopic (exact) mass is 325 g/mol. The maximum Gasteiger partial charge on any atom is 0.319 e. The third-order valence-corrected chi connectivity index (χ3v) is 4.31. The fourth-order valence-electron chi connectivity index (χ4n) is 3.13. The number of nitrogens with one attached hydrogen (secondary N) is 2. The number of hydrogen-bond donors (Lipinski definition) is 2. The van der Waals surface area contributed by atoms with Gasteiger partial charge in [-0.2, -0.15) is 0 Å². The van der Waals surface area contributed by atoms with Gasteiger partial charge in [-0.1, -0.05) is 36.4 Å². The molecule has 24 heavy (non-hydrogen) atoms. The molecule has 0 aromatic heterocycles. The molecule has 1 saturated heterocycles. The number of amides is 3. The van der Waals surface area contributed by atoms with Gasteiger partial charge in [0.25, 0.3) is 0 Å². The Balaban J connectivity index is 1.67. The normalized spacial score (nSPS) is 18.0. The number of fused-ring (bicyclic) bond motifs is 1. The van der Waals surface area contributed by atoms with Gasteiger partial charge in [0.2, 0.25) is 5.91 Å². The average Bonchev–Trinajstić information content (AvgIpc) is 2.88. The Labute approximate surface area is 142 Å². The lowest BCUT2D eigenvalue weighted by Gasteiger charge is -2.32. The van der Waals surface area contributed by atoms with Crippen LogP contribution in [0, 0.1) is 0 Å². The number of likely N-dealkylation sites (tertiary alicyclic amines) is 1. The summed E-state index contributed by atoms with van der Waals surface area (Å²) in [6, 6.07) is 13.3. The molecule has 0 aliphatic carbocycles. The van der Waals surface area contributed by atoms with E-state index in [9.17, 15) is 9.59 Å². The molecule has 0 radical (unpaired) electrons. The maximum absolute atomic E-state index is 12.3. The summed E-state index contributed by atoms with van der Waals surface area (Å²) in [5.41, 5.74) is 0.544. The van der Waals surface area contributed by atoms with E-state index in [4.69, 9.17) is 0 Å². The first-order valence-corrected chi connectivity index (χ1v) is 8.20. The van der Waals surface area contributed by atoms with E-state index in [0.717, 1.165) is 16.5 Å². The third kappa shape index (κ3) is 3.35. The van der Waals surface area contributed by atoms with Crippen molar-refractivity contribution in [2.75, 3.05) is 11.9 Å². The fourth-order valence-corrected chi connectivity index (χ4v) is 3.13. The highest BCUT2D eigenvalue weighted by Gasteiger charge is 2.36. The van der Waals surface area contributed by atoms with Crippen LogP contribution in [0.25, 0.3) is 10.8 Å². The van der Waals surface area contributed by atoms with Crippen molar-refractivity contribution in [3.63, 3.8) is 0 Å². The Morgan fingerprint density at radius 3 is 2.54 bits per heavy atom. The lowest BCUT2D eigenvalue weighted by molar-refractivity contribution is -0.131. The first kappa shape index (κ1) is 16.3. The first-order valence-electron chi connectivity index (χ1n) is 8.20. The Morgan fingerprint density at radius 2 is 1.83 bits per heavy atom. The quantitative estimate of drug-likeness (QED) is 0.889. The Hall–Kier alpha value is -2.56. The minimum Gasteiger partial charge on any atom is -0.336 e. The molecule has 5 nitrogen and oxygen atoms in total. The van der Waals surface area contributed by atoms with Crippen molar-refractivity contribution in [2.24, 2.45) is 0 Å². The van der Waals surface area contributed by atoms with E-state index in [0.29, 0.717) is 13.0 Å². The number of benzene rings is 2. The van der Waals surface area contributed by atoms with Gasteiger partial charge in [0.15, 0.2) is 0 Å². The lowest BCUT2D eigenvalue weighted by atomic mass is 10.1. The SMILES string of the molecule is CC(C)(C)N1CC(NC(=O)Nc2cccc3ccccc23)CC1=O. The second-order valence-corrected chi connectivity index (χ2v) is 7.20. The van der Waals surface area contributed by atoms with Gasteiger partial charge in [-0.15, -0.1) is 0 Å². The Morgan fingerprint density at radius 1 is 1.12 bits per heavy atom. The van der Waals surface area contributed by atoms with Crippen molar-refractivity contribution in [2.45, 2.75) is 38.8 Å². The second kappa shape index (κ2) is 6.15. The summed E-state index contributed by atoms with van der Waals surface area (Å²) in [4.78, 5) is 26.2. The van der Waals surface area contributed by atoms with Gasteiger partial charge in [0.1, 0.15) is 0 Å². The van der Waals surface area contributed by atoms with Gasteiger partial charge in [0, 0.05) is 23.9 Å². The molecule has 0 spiro atoms. The number of carbonyl (C=O) groups is 2. The summed E-state index contributed by atoms with van der Waals surface area (Å²) >= 11 is 0. The maximum atomic E-state index is 12.3. The van der Waals surface area contributed by atoms with E-state index in [-0.39, 0.29) is 23.5 Å². The molecule has 1 aliphatic heterocycles. The van der Waals surface area contributed by atoms with Crippen LogP contribution in [0.5, 0.6) is 0 Å². The van der Waals surface area contributed by atoms with Gasteiger partial charge in [0.05, 0.1) is 11.7 Å². The highest BCUT2D eigenvalue weighted by molar-refractivity contribution is 6.01. The zero-order chi connectivity index (χ0) is 17.3. The van der Waals surface area contributed by atoms with E-state index >= 15 is 0 Å². The zero-order valence-electron chi connectivity index (χ0n) is 14.3. The molecule has 1 atom stereocenters. The molecule has 126 valence electrons. The first-order chi connectivity index (χ1) is 11.3. The zero-order valence-corrected chi connectivity index (χ0v) is 14.3. The number of nitrogens with zero attached hydrogens (tertiary/aromatic N) is 1. The molecule has 1 fully saturated rings. The van der Waals surface area contributed by atoms with Crippen LogP contribution in [0.4, 0.5) is 10.5 Å². The van der Waals surface area contributed by atoms with Crippen molar-refractivity contribution in [3.8, 4) is 0 Å². The van der Waals surface area contributed by atoms with E-state index in [2.05, 4.69) is 10.6 Å². The Bertz CT molecular complexity index is 774. The van der Waals surface area contributed by atoms with Crippen LogP contribution in [0.3, 0.4) is 0 Å². The topological polar surface area (TPSA) is 61.4 Å². The largest absolute Gasteiger partial charge is 0.336 e. The van der Waals surface area contributed by atoms with E-state index in [1.807, 2.05) is 68.1 Å². The summed E-state index contributed by atoms with van der Waals surface area (Å²) in [5, 5.41) is 7.88. The standard InChI is InChI=1S/C19H23N3O2/c1-19(2,3)22-12-14(11-17(22)23)20-18(24)21-16-10-6-8-13-7-4-5-9-15(13)16/h4-10,14H,11-12H2,1-3H3,(H2,20,21,24). The van der Waals surface area contributed by atoms with Crippen LogP contribution in [0.1, 0.15) is 27.2 Å². The van der Waals surface area contributed by atoms with Crippen molar-refractivity contribution in [1.29, 1.82) is 0 Å². The second-order valence-electron chi connectivity index (χ2n) is 7.20. The smallest absolute Gasteiger partial charge is 0.319 e. The molecular formula is C19H23N3O2. The van der Waals surface area contributed by atoms with Gasteiger partial charge in [-0.3, -0.25) is 4.79 Å². The molecule has 0 saturated carbocycles. The predicted octanol–water partition coefficient (Wildman–Crippen LogP) is 3.36. The lowest BCUT2D eigenvalue weighted by Crippen LogP contribution is -2.45. The molecule has 1 aliphatic rings. The van der Waals surface area contributed by atoms with Gasteiger partial charge in [-0.25, -0.2) is 4.79 Å². The highest BCUT2D eigenvalue weighted by Crippen LogP contribution is 2.24. The minimum absolute atomic E-state index is 0.0814. The number of carbonyl (C=O) groups excluding carboxylic acids is 2. The molecule has 2 aromatic rings.